The summed E-state index contributed by atoms with van der Waals surface area (Å²) in [7, 11) is 0. The highest BCUT2D eigenvalue weighted by atomic mass is 32.2. The zero-order valence-corrected chi connectivity index (χ0v) is 7.29. The van der Waals surface area contributed by atoms with Gasteiger partial charge in [-0.1, -0.05) is 23.9 Å². The van der Waals surface area contributed by atoms with Crippen molar-refractivity contribution >= 4 is 17.7 Å². The SMILES string of the molecule is O=C(O)C(O)Sc1ccccc1F. The van der Waals surface area contributed by atoms with Crippen LogP contribution in [0.15, 0.2) is 29.2 Å². The quantitative estimate of drug-likeness (QED) is 0.573. The van der Waals surface area contributed by atoms with Gasteiger partial charge in [0, 0.05) is 4.90 Å². The van der Waals surface area contributed by atoms with Crippen molar-refractivity contribution in [2.75, 3.05) is 0 Å². The maximum Gasteiger partial charge on any atom is 0.343 e. The lowest BCUT2D eigenvalue weighted by atomic mass is 10.3. The van der Waals surface area contributed by atoms with Gasteiger partial charge in [0.2, 0.25) is 5.44 Å². The molecule has 0 saturated heterocycles. The minimum Gasteiger partial charge on any atom is -0.479 e. The molecule has 1 unspecified atom stereocenters. The molecule has 1 atom stereocenters. The van der Waals surface area contributed by atoms with Crippen LogP contribution in [0.1, 0.15) is 0 Å². The highest BCUT2D eigenvalue weighted by Crippen LogP contribution is 2.24. The molecule has 0 aromatic heterocycles. The van der Waals surface area contributed by atoms with Gasteiger partial charge in [0.25, 0.3) is 0 Å². The molecule has 1 aromatic carbocycles. The first-order valence-corrected chi connectivity index (χ1v) is 4.31. The number of hydrogen-bond donors (Lipinski definition) is 2. The van der Waals surface area contributed by atoms with Crippen molar-refractivity contribution in [1.29, 1.82) is 0 Å². The lowest BCUT2D eigenvalue weighted by molar-refractivity contribution is -0.141. The van der Waals surface area contributed by atoms with Gasteiger partial charge < -0.3 is 10.2 Å². The number of carboxylic acids is 1. The summed E-state index contributed by atoms with van der Waals surface area (Å²) in [5, 5.41) is 17.2. The van der Waals surface area contributed by atoms with Gasteiger partial charge in [-0.05, 0) is 12.1 Å². The second-order valence-corrected chi connectivity index (χ2v) is 3.36. The van der Waals surface area contributed by atoms with Gasteiger partial charge in [0.1, 0.15) is 5.82 Å². The van der Waals surface area contributed by atoms with E-state index in [0.29, 0.717) is 11.8 Å². The first-order valence-electron chi connectivity index (χ1n) is 3.43. The largest absolute Gasteiger partial charge is 0.479 e. The number of thioether (sulfide) groups is 1. The number of aliphatic hydroxyl groups is 1. The number of benzene rings is 1. The summed E-state index contributed by atoms with van der Waals surface area (Å²) in [5.74, 6) is -1.92. The minimum absolute atomic E-state index is 0.123. The van der Waals surface area contributed by atoms with E-state index in [9.17, 15) is 9.18 Å². The molecule has 0 bridgehead atoms. The second-order valence-electron chi connectivity index (χ2n) is 2.24. The maximum atomic E-state index is 12.9. The Hall–Kier alpha value is -1.07. The minimum atomic E-state index is -1.63. The summed E-state index contributed by atoms with van der Waals surface area (Å²) in [6.45, 7) is 0. The van der Waals surface area contributed by atoms with Gasteiger partial charge in [-0.2, -0.15) is 0 Å². The number of hydrogen-bond acceptors (Lipinski definition) is 3. The Kier molecular flexibility index (Phi) is 3.27. The van der Waals surface area contributed by atoms with Crippen LogP contribution in [-0.4, -0.2) is 21.6 Å². The topological polar surface area (TPSA) is 57.5 Å². The van der Waals surface area contributed by atoms with Crippen LogP contribution in [0.3, 0.4) is 0 Å². The third-order valence-electron chi connectivity index (χ3n) is 1.29. The fraction of sp³-hybridized carbons (Fsp3) is 0.125. The summed E-state index contributed by atoms with van der Waals surface area (Å²) in [6.07, 6.45) is 0. The molecule has 0 saturated carbocycles. The van der Waals surface area contributed by atoms with E-state index in [0.717, 1.165) is 0 Å². The third-order valence-corrected chi connectivity index (χ3v) is 2.30. The van der Waals surface area contributed by atoms with Crippen LogP contribution in [-0.2, 0) is 4.79 Å². The molecule has 0 fully saturated rings. The predicted molar refractivity (Wildman–Crippen MR) is 45.9 cm³/mol. The number of halogens is 1. The summed E-state index contributed by atoms with van der Waals surface area (Å²) in [4.78, 5) is 10.3. The number of carbonyl (C=O) groups is 1. The fourth-order valence-electron chi connectivity index (χ4n) is 0.711. The van der Waals surface area contributed by atoms with Crippen LogP contribution in [0.4, 0.5) is 4.39 Å². The average Bonchev–Trinajstić information content (AvgIpc) is 2.08. The van der Waals surface area contributed by atoms with Crippen molar-refractivity contribution in [3.05, 3.63) is 30.1 Å². The monoisotopic (exact) mass is 202 g/mol. The van der Waals surface area contributed by atoms with Gasteiger partial charge in [-0.25, -0.2) is 9.18 Å². The van der Waals surface area contributed by atoms with Gasteiger partial charge in [-0.15, -0.1) is 0 Å². The molecule has 0 aliphatic rings. The van der Waals surface area contributed by atoms with Crippen LogP contribution in [0, 0.1) is 5.82 Å². The predicted octanol–water partition coefficient (Wildman–Crippen LogP) is 1.32. The van der Waals surface area contributed by atoms with E-state index in [1.165, 1.54) is 18.2 Å². The van der Waals surface area contributed by atoms with Crippen molar-refractivity contribution in [3.8, 4) is 0 Å². The van der Waals surface area contributed by atoms with E-state index in [4.69, 9.17) is 10.2 Å². The van der Waals surface area contributed by atoms with Crippen LogP contribution in [0.5, 0.6) is 0 Å². The Morgan fingerprint density at radius 1 is 1.46 bits per heavy atom. The van der Waals surface area contributed by atoms with Crippen LogP contribution < -0.4 is 0 Å². The van der Waals surface area contributed by atoms with E-state index in [-0.39, 0.29) is 4.90 Å². The Morgan fingerprint density at radius 2 is 2.08 bits per heavy atom. The van der Waals surface area contributed by atoms with Crippen molar-refractivity contribution in [2.45, 2.75) is 10.3 Å². The second kappa shape index (κ2) is 4.25. The zero-order chi connectivity index (χ0) is 9.84. The zero-order valence-electron chi connectivity index (χ0n) is 6.48. The summed E-state index contributed by atoms with van der Waals surface area (Å²) >= 11 is 0.559. The molecular formula is C8H7FO3S. The van der Waals surface area contributed by atoms with Crippen molar-refractivity contribution in [1.82, 2.24) is 0 Å². The molecule has 0 spiro atoms. The number of carboxylic acid groups (broad SMARTS) is 1. The molecule has 13 heavy (non-hydrogen) atoms. The Labute approximate surface area is 78.2 Å². The Morgan fingerprint density at radius 3 is 2.62 bits per heavy atom. The van der Waals surface area contributed by atoms with Crippen molar-refractivity contribution < 1.29 is 19.4 Å². The van der Waals surface area contributed by atoms with E-state index >= 15 is 0 Å². The Balaban J connectivity index is 2.74. The third kappa shape index (κ3) is 2.71. The summed E-state index contributed by atoms with van der Waals surface area (Å²) in [5.41, 5.74) is -1.63. The smallest absolute Gasteiger partial charge is 0.343 e. The molecule has 0 amide bonds. The van der Waals surface area contributed by atoms with E-state index in [2.05, 4.69) is 0 Å². The number of rotatable bonds is 3. The lowest BCUT2D eigenvalue weighted by Gasteiger charge is -2.05. The normalized spacial score (nSPS) is 12.5. The molecular weight excluding hydrogens is 195 g/mol. The van der Waals surface area contributed by atoms with Gasteiger partial charge in [-0.3, -0.25) is 0 Å². The highest BCUT2D eigenvalue weighted by molar-refractivity contribution is 8.00. The van der Waals surface area contributed by atoms with Gasteiger partial charge in [0.15, 0.2) is 0 Å². The number of aliphatic hydroxyl groups excluding tert-OH is 1. The summed E-state index contributed by atoms with van der Waals surface area (Å²) < 4.78 is 12.9. The fourth-order valence-corrected chi connectivity index (χ4v) is 1.39. The maximum absolute atomic E-state index is 12.9. The van der Waals surface area contributed by atoms with Crippen LogP contribution >= 0.6 is 11.8 Å². The van der Waals surface area contributed by atoms with Gasteiger partial charge >= 0.3 is 5.97 Å². The molecule has 1 rings (SSSR count). The van der Waals surface area contributed by atoms with Crippen LogP contribution in [0.2, 0.25) is 0 Å². The van der Waals surface area contributed by atoms with E-state index in [1.807, 2.05) is 0 Å². The van der Waals surface area contributed by atoms with E-state index in [1.54, 1.807) is 6.07 Å². The molecule has 0 aliphatic carbocycles. The molecule has 2 N–H and O–H groups in total. The van der Waals surface area contributed by atoms with E-state index < -0.39 is 17.2 Å². The lowest BCUT2D eigenvalue weighted by Crippen LogP contribution is -2.14. The number of aliphatic carboxylic acids is 1. The molecule has 1 aromatic rings. The van der Waals surface area contributed by atoms with Crippen LogP contribution in [0.25, 0.3) is 0 Å². The standard InChI is InChI=1S/C8H7FO3S/c9-5-3-1-2-4-6(5)13-8(12)7(10)11/h1-4,8,12H,(H,10,11). The highest BCUT2D eigenvalue weighted by Gasteiger charge is 2.16. The molecule has 5 heteroatoms. The molecule has 0 radical (unpaired) electrons. The van der Waals surface area contributed by atoms with Crippen molar-refractivity contribution in [2.24, 2.45) is 0 Å². The first kappa shape index (κ1) is 10.0. The molecule has 0 heterocycles. The molecule has 0 aliphatic heterocycles. The molecule has 70 valence electrons. The van der Waals surface area contributed by atoms with Gasteiger partial charge in [0.05, 0.1) is 0 Å². The summed E-state index contributed by atoms with van der Waals surface area (Å²) in [6, 6.07) is 5.68. The molecule has 3 nitrogen and oxygen atoms in total. The first-order chi connectivity index (χ1) is 6.11. The average molecular weight is 202 g/mol. The van der Waals surface area contributed by atoms with Crippen molar-refractivity contribution in [3.63, 3.8) is 0 Å². The Bertz CT molecular complexity index is 316.